The van der Waals surface area contributed by atoms with Crippen molar-refractivity contribution in [3.05, 3.63) is 41.6 Å². The molecule has 1 aromatic heterocycles. The van der Waals surface area contributed by atoms with Crippen LogP contribution in [0.5, 0.6) is 11.5 Å². The van der Waals surface area contributed by atoms with Crippen LogP contribution in [0, 0.1) is 18.8 Å². The third-order valence-electron chi connectivity index (χ3n) is 14.0. The first-order valence-electron chi connectivity index (χ1n) is 21.3. The minimum atomic E-state index is -4.01. The van der Waals surface area contributed by atoms with Crippen LogP contribution >= 0.6 is 0 Å². The molecule has 3 saturated carbocycles. The Morgan fingerprint density at radius 1 is 1.07 bits per heavy atom. The van der Waals surface area contributed by atoms with Gasteiger partial charge in [0.1, 0.15) is 46.9 Å². The Bertz CT molecular complexity index is 2280. The first-order chi connectivity index (χ1) is 28.6. The molecule has 5 fully saturated rings. The molecule has 5 heterocycles. The van der Waals surface area contributed by atoms with Crippen LogP contribution < -0.4 is 24.8 Å². The number of allylic oxidation sites excluding steroid dienone is 1. The number of ether oxygens (including phenoxy) is 4. The Labute approximate surface area is 348 Å². The lowest BCUT2D eigenvalue weighted by Gasteiger charge is -2.36. The average Bonchev–Trinajstić information content (AvgIpc) is 3.99. The van der Waals surface area contributed by atoms with E-state index < -0.39 is 73.8 Å². The highest BCUT2D eigenvalue weighted by molar-refractivity contribution is 7.91. The average molecular weight is 848 g/mol. The standard InChI is InChI=1S/C43H53N5O11S/c1-24-36-29(30-19-27(56-3)11-12-31(30)44-24)13-14-42(59-36)22-33-37(50)46-43(39(52)47-60(54,55)41(2)15-16-41)21-26(43)9-7-5-4-6-8-10-32(38(51)48(33)23-42)45-40(53)57-28-17-25-18-35(49)58-34(25)20-28/h7,9,11-12,19,25-26,28,32-34H,4-6,8,10,13-18,20-23H2,1-3H3,(H,45,53)(H,46,50)(H,47,52)/b9-7-/t25?,26-,28?,32+,33+,34?,42-,43-/m1/s1. The highest BCUT2D eigenvalue weighted by atomic mass is 32.2. The number of methoxy groups -OCH3 is 1. The topological polar surface area (TPSA) is 209 Å². The maximum Gasteiger partial charge on any atom is 0.408 e. The van der Waals surface area contributed by atoms with Crippen LogP contribution in [0.25, 0.3) is 10.9 Å². The second-order valence-corrected chi connectivity index (χ2v) is 20.5. The van der Waals surface area contributed by atoms with Crippen molar-refractivity contribution in [2.24, 2.45) is 11.8 Å². The summed E-state index contributed by atoms with van der Waals surface area (Å²) in [6.45, 7) is 3.47. The number of esters is 1. The number of aryl methyl sites for hydroxylation is 2. The molecule has 1 aromatic carbocycles. The molecule has 2 saturated heterocycles. The van der Waals surface area contributed by atoms with Gasteiger partial charge in [-0.1, -0.05) is 25.0 Å². The van der Waals surface area contributed by atoms with Crippen LogP contribution in [0.15, 0.2) is 30.4 Å². The quantitative estimate of drug-likeness (QED) is 0.280. The number of pyridine rings is 1. The highest BCUT2D eigenvalue weighted by Gasteiger charge is 2.64. The Balaban J connectivity index is 1.02. The number of benzene rings is 1. The zero-order chi connectivity index (χ0) is 42.2. The molecule has 8 atom stereocenters. The molecule has 4 aliphatic heterocycles. The van der Waals surface area contributed by atoms with Gasteiger partial charge < -0.3 is 34.5 Å². The minimum Gasteiger partial charge on any atom is -0.497 e. The fourth-order valence-corrected chi connectivity index (χ4v) is 11.4. The summed E-state index contributed by atoms with van der Waals surface area (Å²) in [4.78, 5) is 75.3. The summed E-state index contributed by atoms with van der Waals surface area (Å²) in [6.07, 6.45) is 8.66. The van der Waals surface area contributed by atoms with Crippen LogP contribution in [0.1, 0.15) is 102 Å². The van der Waals surface area contributed by atoms with Crippen LogP contribution in [-0.2, 0) is 45.1 Å². The van der Waals surface area contributed by atoms with Gasteiger partial charge in [-0.05, 0) is 89.8 Å². The molecule has 17 heteroatoms. The summed E-state index contributed by atoms with van der Waals surface area (Å²) in [5, 5.41) is 6.66. The number of fused-ring (bicyclic) bond motifs is 6. The molecule has 9 rings (SSSR count). The molecular formula is C43H53N5O11S. The molecular weight excluding hydrogens is 795 g/mol. The molecule has 3 aliphatic carbocycles. The van der Waals surface area contributed by atoms with Gasteiger partial charge in [-0.25, -0.2) is 18.2 Å². The summed E-state index contributed by atoms with van der Waals surface area (Å²) in [7, 11) is -2.41. The molecule has 60 heavy (non-hydrogen) atoms. The summed E-state index contributed by atoms with van der Waals surface area (Å²) < 4.78 is 51.4. The van der Waals surface area contributed by atoms with E-state index in [1.54, 1.807) is 14.0 Å². The van der Waals surface area contributed by atoms with Crippen molar-refractivity contribution < 1.29 is 51.3 Å². The zero-order valence-electron chi connectivity index (χ0n) is 34.3. The molecule has 7 aliphatic rings. The summed E-state index contributed by atoms with van der Waals surface area (Å²) in [5.74, 6) is -1.37. The number of rotatable bonds is 6. The molecule has 4 amide bonds. The lowest BCUT2D eigenvalue weighted by atomic mass is 9.87. The highest BCUT2D eigenvalue weighted by Crippen LogP contribution is 2.49. The second-order valence-electron chi connectivity index (χ2n) is 18.3. The van der Waals surface area contributed by atoms with Crippen LogP contribution in [0.2, 0.25) is 0 Å². The van der Waals surface area contributed by atoms with Crippen molar-refractivity contribution in [1.82, 2.24) is 25.2 Å². The first-order valence-corrected chi connectivity index (χ1v) is 22.8. The largest absolute Gasteiger partial charge is 0.497 e. The van der Waals surface area contributed by atoms with Gasteiger partial charge in [0.2, 0.25) is 21.8 Å². The molecule has 0 bridgehead atoms. The number of carbonyl (C=O) groups is 5. The summed E-state index contributed by atoms with van der Waals surface area (Å²) >= 11 is 0. The van der Waals surface area contributed by atoms with E-state index >= 15 is 0 Å². The molecule has 2 aromatic rings. The van der Waals surface area contributed by atoms with Gasteiger partial charge in [0.15, 0.2) is 0 Å². The van der Waals surface area contributed by atoms with Crippen molar-refractivity contribution in [3.8, 4) is 11.5 Å². The van der Waals surface area contributed by atoms with Gasteiger partial charge >= 0.3 is 12.1 Å². The van der Waals surface area contributed by atoms with Crippen molar-refractivity contribution >= 4 is 50.7 Å². The SMILES string of the molecule is COc1ccc2nc(C)c3c(c2c1)CC[C@]1(C[C@H]2C(=O)N[C@]4(C(=O)NS(=O)(=O)C5(C)CC5)C[C@H]4/C=C\CCCCC[C@H](NC(=O)OC4CC5CC(=O)OC5C4)C(=O)N2C1)O3. The van der Waals surface area contributed by atoms with Gasteiger partial charge in [0.25, 0.3) is 5.91 Å². The summed E-state index contributed by atoms with van der Waals surface area (Å²) in [5.41, 5.74) is -0.170. The van der Waals surface area contributed by atoms with E-state index in [0.717, 1.165) is 29.3 Å². The Kier molecular flexibility index (Phi) is 10.1. The van der Waals surface area contributed by atoms with Gasteiger partial charge in [-0.15, -0.1) is 0 Å². The maximum absolute atomic E-state index is 14.9. The number of nitrogens with zero attached hydrogens (tertiary/aromatic N) is 2. The van der Waals surface area contributed by atoms with Gasteiger partial charge in [-0.2, -0.15) is 0 Å². The molecule has 1 spiro atoms. The Morgan fingerprint density at radius 2 is 1.88 bits per heavy atom. The predicted molar refractivity (Wildman–Crippen MR) is 215 cm³/mol. The van der Waals surface area contributed by atoms with Crippen molar-refractivity contribution in [1.29, 1.82) is 0 Å². The number of hydrogen-bond acceptors (Lipinski definition) is 12. The van der Waals surface area contributed by atoms with E-state index in [1.807, 2.05) is 37.3 Å². The third-order valence-corrected chi connectivity index (χ3v) is 16.2. The van der Waals surface area contributed by atoms with E-state index in [0.29, 0.717) is 68.6 Å². The summed E-state index contributed by atoms with van der Waals surface area (Å²) in [6, 6.07) is 3.49. The van der Waals surface area contributed by atoms with Crippen molar-refractivity contribution in [2.45, 2.75) is 144 Å². The number of nitrogens with one attached hydrogen (secondary N) is 3. The lowest BCUT2D eigenvalue weighted by Crippen LogP contribution is -2.58. The number of amides is 4. The van der Waals surface area contributed by atoms with Gasteiger partial charge in [-0.3, -0.25) is 23.9 Å². The third kappa shape index (κ3) is 7.33. The van der Waals surface area contributed by atoms with E-state index in [4.69, 9.17) is 23.9 Å². The number of aromatic nitrogens is 1. The van der Waals surface area contributed by atoms with E-state index in [9.17, 15) is 32.4 Å². The molecule has 3 unspecified atom stereocenters. The first kappa shape index (κ1) is 40.5. The van der Waals surface area contributed by atoms with Crippen molar-refractivity contribution in [2.75, 3.05) is 13.7 Å². The van der Waals surface area contributed by atoms with Crippen LogP contribution in [-0.4, -0.2) is 102 Å². The zero-order valence-corrected chi connectivity index (χ0v) is 35.1. The van der Waals surface area contributed by atoms with E-state index in [2.05, 4.69) is 15.4 Å². The smallest absolute Gasteiger partial charge is 0.408 e. The predicted octanol–water partition coefficient (Wildman–Crippen LogP) is 3.80. The molecule has 0 radical (unpaired) electrons. The maximum atomic E-state index is 14.9. The monoisotopic (exact) mass is 847 g/mol. The van der Waals surface area contributed by atoms with E-state index in [-0.39, 0.29) is 50.2 Å². The number of hydrogen-bond donors (Lipinski definition) is 3. The number of carbonyl (C=O) groups excluding carboxylic acids is 5. The molecule has 3 N–H and O–H groups in total. The number of alkyl carbamates (subject to hydrolysis) is 1. The minimum absolute atomic E-state index is 0.0127. The fourth-order valence-electron chi connectivity index (χ4n) is 10.0. The lowest BCUT2D eigenvalue weighted by molar-refractivity contribution is -0.142. The Hall–Kier alpha value is -4.93. The van der Waals surface area contributed by atoms with Crippen LogP contribution in [0.4, 0.5) is 4.79 Å². The Morgan fingerprint density at radius 3 is 2.65 bits per heavy atom. The number of sulfonamides is 1. The second kappa shape index (κ2) is 14.9. The van der Waals surface area contributed by atoms with Gasteiger partial charge in [0.05, 0.1) is 36.0 Å². The fraction of sp³-hybridized carbons (Fsp3) is 0.628. The van der Waals surface area contributed by atoms with Gasteiger partial charge in [0, 0.05) is 35.6 Å². The van der Waals surface area contributed by atoms with Crippen molar-refractivity contribution in [3.63, 3.8) is 0 Å². The van der Waals surface area contributed by atoms with E-state index in [1.165, 1.54) is 4.90 Å². The molecule has 322 valence electrons. The van der Waals surface area contributed by atoms with Crippen LogP contribution in [0.3, 0.4) is 0 Å². The molecule has 16 nitrogen and oxygen atoms in total. The normalized spacial score (nSPS) is 33.7.